The van der Waals surface area contributed by atoms with Crippen molar-refractivity contribution in [1.29, 1.82) is 0 Å². The molecule has 222 valence electrons. The Kier molecular flexibility index (Phi) is 6.43. The van der Waals surface area contributed by atoms with E-state index in [-0.39, 0.29) is 0 Å². The third kappa shape index (κ3) is 4.84. The van der Waals surface area contributed by atoms with E-state index in [0.717, 1.165) is 55.7 Å². The molecule has 47 heavy (non-hydrogen) atoms. The fourth-order valence-electron chi connectivity index (χ4n) is 6.38. The van der Waals surface area contributed by atoms with Gasteiger partial charge in [0.1, 0.15) is 11.1 Å². The Labute approximate surface area is 271 Å². The van der Waals surface area contributed by atoms with Gasteiger partial charge in [0, 0.05) is 33.8 Å². The van der Waals surface area contributed by atoms with E-state index in [1.54, 1.807) is 0 Å². The molecule has 0 spiro atoms. The van der Waals surface area contributed by atoms with Crippen molar-refractivity contribution in [3.05, 3.63) is 170 Å². The molecule has 0 aliphatic carbocycles. The molecule has 7 aromatic carbocycles. The zero-order valence-corrected chi connectivity index (χ0v) is 25.4. The molecule has 4 heteroatoms. The van der Waals surface area contributed by atoms with Crippen molar-refractivity contribution in [2.45, 2.75) is 0 Å². The van der Waals surface area contributed by atoms with Crippen LogP contribution < -0.4 is 4.90 Å². The first-order valence-corrected chi connectivity index (χ1v) is 15.7. The first-order chi connectivity index (χ1) is 23.3. The van der Waals surface area contributed by atoms with Gasteiger partial charge in [-0.2, -0.15) is 0 Å². The third-order valence-corrected chi connectivity index (χ3v) is 8.71. The molecule has 0 unspecified atom stereocenters. The average molecular weight is 605 g/mol. The number of benzene rings is 7. The third-order valence-electron chi connectivity index (χ3n) is 8.71. The predicted molar refractivity (Wildman–Crippen MR) is 192 cm³/mol. The van der Waals surface area contributed by atoms with Gasteiger partial charge < -0.3 is 13.7 Å². The van der Waals surface area contributed by atoms with E-state index < -0.39 is 0 Å². The molecule has 0 fully saturated rings. The standard InChI is InChI=1S/C43H28N2O2/c1-4-11-29(12-5-1)31-19-23-34(24-20-31)45(35-25-21-32(22-26-35)30-13-6-2-7-14-30)39-18-10-17-36-37-27-41-38(28-40(37)46-42(36)39)44-43(47-41)33-15-8-3-9-16-33/h1-28H. The highest BCUT2D eigenvalue weighted by atomic mass is 16.4. The zero-order chi connectivity index (χ0) is 31.2. The van der Waals surface area contributed by atoms with Crippen molar-refractivity contribution in [3.8, 4) is 33.7 Å². The number of para-hydroxylation sites is 1. The number of hydrogen-bond donors (Lipinski definition) is 0. The normalized spacial score (nSPS) is 11.4. The number of oxazole rings is 1. The van der Waals surface area contributed by atoms with Gasteiger partial charge in [-0.25, -0.2) is 4.98 Å². The monoisotopic (exact) mass is 604 g/mol. The SMILES string of the molecule is c1ccc(-c2ccc(N(c3ccc(-c4ccccc4)cc3)c3cccc4c3oc3cc5nc(-c6ccccc6)oc5cc34)cc2)cc1. The van der Waals surface area contributed by atoms with Crippen molar-refractivity contribution >= 4 is 50.1 Å². The molecule has 0 saturated heterocycles. The molecule has 0 aliphatic heterocycles. The second-order valence-electron chi connectivity index (χ2n) is 11.6. The minimum absolute atomic E-state index is 0.599. The van der Waals surface area contributed by atoms with Gasteiger partial charge in [0.2, 0.25) is 5.89 Å². The van der Waals surface area contributed by atoms with Crippen LogP contribution in [0.25, 0.3) is 66.7 Å². The second-order valence-corrected chi connectivity index (χ2v) is 11.6. The molecule has 0 radical (unpaired) electrons. The Hall–Kier alpha value is -6.39. The van der Waals surface area contributed by atoms with E-state index >= 15 is 0 Å². The summed E-state index contributed by atoms with van der Waals surface area (Å²) in [4.78, 5) is 7.05. The Morgan fingerprint density at radius 3 is 1.51 bits per heavy atom. The van der Waals surface area contributed by atoms with E-state index in [0.29, 0.717) is 5.89 Å². The number of fused-ring (bicyclic) bond motifs is 4. The minimum Gasteiger partial charge on any atom is -0.454 e. The maximum Gasteiger partial charge on any atom is 0.227 e. The van der Waals surface area contributed by atoms with Gasteiger partial charge in [0.05, 0.1) is 5.69 Å². The average Bonchev–Trinajstić information content (AvgIpc) is 3.73. The van der Waals surface area contributed by atoms with Crippen LogP contribution in [0, 0.1) is 0 Å². The summed E-state index contributed by atoms with van der Waals surface area (Å²) in [7, 11) is 0. The summed E-state index contributed by atoms with van der Waals surface area (Å²) in [6, 6.07) is 58.7. The van der Waals surface area contributed by atoms with Crippen LogP contribution in [-0.2, 0) is 0 Å². The van der Waals surface area contributed by atoms with Crippen molar-refractivity contribution < 1.29 is 8.83 Å². The minimum atomic E-state index is 0.599. The highest BCUT2D eigenvalue weighted by molar-refractivity contribution is 6.13. The Morgan fingerprint density at radius 1 is 0.404 bits per heavy atom. The number of furan rings is 1. The summed E-state index contributed by atoms with van der Waals surface area (Å²) in [5.74, 6) is 0.599. The van der Waals surface area contributed by atoms with E-state index in [1.807, 2.05) is 54.6 Å². The molecule has 0 aliphatic rings. The molecule has 2 heterocycles. The summed E-state index contributed by atoms with van der Waals surface area (Å²) in [6.07, 6.45) is 0. The van der Waals surface area contributed by atoms with Gasteiger partial charge in [-0.15, -0.1) is 0 Å². The highest BCUT2D eigenvalue weighted by Crippen LogP contribution is 2.43. The van der Waals surface area contributed by atoms with Crippen molar-refractivity contribution in [1.82, 2.24) is 4.98 Å². The number of anilines is 3. The summed E-state index contributed by atoms with van der Waals surface area (Å²) in [6.45, 7) is 0. The van der Waals surface area contributed by atoms with Gasteiger partial charge in [0.25, 0.3) is 0 Å². The maximum atomic E-state index is 6.69. The molecule has 9 aromatic rings. The lowest BCUT2D eigenvalue weighted by Gasteiger charge is -2.26. The Balaban J connectivity index is 1.19. The largest absolute Gasteiger partial charge is 0.454 e. The van der Waals surface area contributed by atoms with Gasteiger partial charge in [0.15, 0.2) is 11.2 Å². The van der Waals surface area contributed by atoms with Crippen LogP contribution in [0.2, 0.25) is 0 Å². The molecule has 4 nitrogen and oxygen atoms in total. The number of nitrogens with zero attached hydrogens (tertiary/aromatic N) is 2. The molecule has 0 N–H and O–H groups in total. The van der Waals surface area contributed by atoms with E-state index in [9.17, 15) is 0 Å². The molecular formula is C43H28N2O2. The van der Waals surface area contributed by atoms with Crippen LogP contribution in [-0.4, -0.2) is 4.98 Å². The molecule has 0 atom stereocenters. The lowest BCUT2D eigenvalue weighted by atomic mass is 10.0. The van der Waals surface area contributed by atoms with Crippen molar-refractivity contribution in [2.75, 3.05) is 4.90 Å². The number of aromatic nitrogens is 1. The molecule has 9 rings (SSSR count). The van der Waals surface area contributed by atoms with Crippen LogP contribution in [0.5, 0.6) is 0 Å². The lowest BCUT2D eigenvalue weighted by Crippen LogP contribution is -2.10. The van der Waals surface area contributed by atoms with Gasteiger partial charge in [-0.3, -0.25) is 0 Å². The van der Waals surface area contributed by atoms with Gasteiger partial charge in [-0.1, -0.05) is 115 Å². The zero-order valence-electron chi connectivity index (χ0n) is 25.4. The number of rotatable bonds is 6. The molecule has 0 saturated carbocycles. The van der Waals surface area contributed by atoms with Gasteiger partial charge >= 0.3 is 0 Å². The molecule has 0 bridgehead atoms. The van der Waals surface area contributed by atoms with Crippen molar-refractivity contribution in [2.24, 2.45) is 0 Å². The van der Waals surface area contributed by atoms with E-state index in [2.05, 4.69) is 120 Å². The maximum absolute atomic E-state index is 6.69. The van der Waals surface area contributed by atoms with Crippen LogP contribution in [0.3, 0.4) is 0 Å². The van der Waals surface area contributed by atoms with Crippen LogP contribution in [0.1, 0.15) is 0 Å². The van der Waals surface area contributed by atoms with E-state index in [4.69, 9.17) is 13.8 Å². The lowest BCUT2D eigenvalue weighted by molar-refractivity contribution is 0.620. The quantitative estimate of drug-likeness (QED) is 0.189. The molecular weight excluding hydrogens is 576 g/mol. The Morgan fingerprint density at radius 2 is 0.936 bits per heavy atom. The topological polar surface area (TPSA) is 42.4 Å². The predicted octanol–water partition coefficient (Wildman–Crippen LogP) is 12.2. The van der Waals surface area contributed by atoms with E-state index in [1.165, 1.54) is 22.3 Å². The van der Waals surface area contributed by atoms with Crippen LogP contribution in [0.15, 0.2) is 179 Å². The summed E-state index contributed by atoms with van der Waals surface area (Å²) >= 11 is 0. The van der Waals surface area contributed by atoms with Gasteiger partial charge in [-0.05, 0) is 70.8 Å². The molecule has 0 amide bonds. The second kappa shape index (κ2) is 11.2. The fraction of sp³-hybridized carbons (Fsp3) is 0. The first kappa shape index (κ1) is 27.0. The molecule has 2 aromatic heterocycles. The Bertz CT molecular complexity index is 2400. The summed E-state index contributed by atoms with van der Waals surface area (Å²) < 4.78 is 12.9. The highest BCUT2D eigenvalue weighted by Gasteiger charge is 2.21. The van der Waals surface area contributed by atoms with Crippen molar-refractivity contribution in [3.63, 3.8) is 0 Å². The van der Waals surface area contributed by atoms with Crippen LogP contribution >= 0.6 is 0 Å². The summed E-state index contributed by atoms with van der Waals surface area (Å²) in [5.41, 5.74) is 11.7. The smallest absolute Gasteiger partial charge is 0.227 e. The first-order valence-electron chi connectivity index (χ1n) is 15.7. The fourth-order valence-corrected chi connectivity index (χ4v) is 6.38. The number of hydrogen-bond acceptors (Lipinski definition) is 4. The van der Waals surface area contributed by atoms with Crippen LogP contribution in [0.4, 0.5) is 17.1 Å². The summed E-state index contributed by atoms with van der Waals surface area (Å²) in [5, 5.41) is 2.01.